The number of aromatic nitrogens is 1. The van der Waals surface area contributed by atoms with Gasteiger partial charge in [-0.3, -0.25) is 0 Å². The van der Waals surface area contributed by atoms with Crippen molar-refractivity contribution in [3.8, 4) is 11.5 Å². The van der Waals surface area contributed by atoms with Crippen molar-refractivity contribution < 1.29 is 14.6 Å². The molecule has 4 heteroatoms. The number of aryl methyl sites for hydroxylation is 1. The van der Waals surface area contributed by atoms with E-state index in [1.807, 2.05) is 24.3 Å². The average Bonchev–Trinajstić information content (AvgIpc) is 2.85. The number of aromatic hydroxyl groups is 1. The molecule has 0 saturated heterocycles. The number of para-hydroxylation sites is 2. The fourth-order valence-electron chi connectivity index (χ4n) is 2.11. The zero-order valence-corrected chi connectivity index (χ0v) is 10.9. The van der Waals surface area contributed by atoms with Gasteiger partial charge in [-0.05, 0) is 30.7 Å². The molecule has 0 saturated carbocycles. The lowest BCUT2D eigenvalue weighted by Crippen LogP contribution is -2.08. The van der Waals surface area contributed by atoms with Gasteiger partial charge >= 0.3 is 5.97 Å². The summed E-state index contributed by atoms with van der Waals surface area (Å²) < 4.78 is 5.36. The zero-order chi connectivity index (χ0) is 14.1. The number of phenolic OH excluding ortho intramolecular Hbond substituents is 1. The van der Waals surface area contributed by atoms with Crippen LogP contribution in [0.3, 0.4) is 0 Å². The summed E-state index contributed by atoms with van der Waals surface area (Å²) in [4.78, 5) is 15.2. The number of H-pyrrole nitrogens is 1. The van der Waals surface area contributed by atoms with E-state index in [1.54, 1.807) is 31.3 Å². The van der Waals surface area contributed by atoms with Gasteiger partial charge in [-0.1, -0.05) is 24.3 Å². The number of hydrogen-bond donors (Lipinski definition) is 2. The molecular formula is C16H13NO3. The maximum absolute atomic E-state index is 12.1. The molecule has 0 spiro atoms. The van der Waals surface area contributed by atoms with Crippen LogP contribution in [-0.4, -0.2) is 16.1 Å². The summed E-state index contributed by atoms with van der Waals surface area (Å²) in [5.74, 6) is -0.167. The predicted molar refractivity (Wildman–Crippen MR) is 76.1 cm³/mol. The number of carbonyl (C=O) groups excluding carboxylic acids is 1. The Morgan fingerprint density at radius 2 is 1.95 bits per heavy atom. The first-order chi connectivity index (χ1) is 9.66. The summed E-state index contributed by atoms with van der Waals surface area (Å²) in [5, 5.41) is 10.7. The van der Waals surface area contributed by atoms with Crippen LogP contribution in [-0.2, 0) is 0 Å². The van der Waals surface area contributed by atoms with Crippen LogP contribution in [0.5, 0.6) is 11.5 Å². The molecule has 0 aliphatic rings. The van der Waals surface area contributed by atoms with Crippen LogP contribution in [0.4, 0.5) is 0 Å². The maximum Gasteiger partial charge on any atom is 0.347 e. The SMILES string of the molecule is Cc1cccc(C(=O)Oc2c[nH]c3ccccc23)c1O. The molecule has 1 heterocycles. The highest BCUT2D eigenvalue weighted by atomic mass is 16.5. The number of hydrogen-bond acceptors (Lipinski definition) is 3. The molecular weight excluding hydrogens is 254 g/mol. The predicted octanol–water partition coefficient (Wildman–Crippen LogP) is 3.40. The van der Waals surface area contributed by atoms with Crippen LogP contribution in [0.2, 0.25) is 0 Å². The van der Waals surface area contributed by atoms with Gasteiger partial charge in [-0.25, -0.2) is 4.79 Å². The third-order valence-electron chi connectivity index (χ3n) is 3.21. The molecule has 0 unspecified atom stereocenters. The average molecular weight is 267 g/mol. The van der Waals surface area contributed by atoms with Gasteiger partial charge in [0.25, 0.3) is 0 Å². The standard InChI is InChI=1S/C16H13NO3/c1-10-5-4-7-12(15(10)18)16(19)20-14-9-17-13-8-3-2-6-11(13)14/h2-9,17-18H,1H3. The van der Waals surface area contributed by atoms with Crippen molar-refractivity contribution >= 4 is 16.9 Å². The highest BCUT2D eigenvalue weighted by molar-refractivity contribution is 5.97. The summed E-state index contributed by atoms with van der Waals surface area (Å²) in [6, 6.07) is 12.5. The minimum atomic E-state index is -0.573. The van der Waals surface area contributed by atoms with Crippen molar-refractivity contribution in [2.75, 3.05) is 0 Å². The molecule has 1 aromatic heterocycles. The Hall–Kier alpha value is -2.75. The van der Waals surface area contributed by atoms with E-state index in [4.69, 9.17) is 4.74 Å². The Bertz CT molecular complexity index is 789. The molecule has 100 valence electrons. The van der Waals surface area contributed by atoms with E-state index in [0.717, 1.165) is 10.9 Å². The number of fused-ring (bicyclic) bond motifs is 1. The summed E-state index contributed by atoms with van der Waals surface area (Å²) in [7, 11) is 0. The Morgan fingerprint density at radius 3 is 2.80 bits per heavy atom. The monoisotopic (exact) mass is 267 g/mol. The number of carbonyl (C=O) groups is 1. The van der Waals surface area contributed by atoms with Crippen LogP contribution in [0.25, 0.3) is 10.9 Å². The smallest absolute Gasteiger partial charge is 0.347 e. The summed E-state index contributed by atoms with van der Waals surface area (Å²) in [6.07, 6.45) is 1.63. The highest BCUT2D eigenvalue weighted by Gasteiger charge is 2.16. The third kappa shape index (κ3) is 2.01. The number of nitrogens with one attached hydrogen (secondary N) is 1. The van der Waals surface area contributed by atoms with Crippen molar-refractivity contribution in [1.82, 2.24) is 4.98 Å². The van der Waals surface area contributed by atoms with Gasteiger partial charge in [0.05, 0.1) is 0 Å². The number of rotatable bonds is 2. The van der Waals surface area contributed by atoms with Gasteiger partial charge in [0, 0.05) is 17.1 Å². The van der Waals surface area contributed by atoms with E-state index in [0.29, 0.717) is 11.3 Å². The number of benzene rings is 2. The van der Waals surface area contributed by atoms with Gasteiger partial charge in [0.1, 0.15) is 11.3 Å². The molecule has 2 aromatic carbocycles. The number of ether oxygens (including phenoxy) is 1. The van der Waals surface area contributed by atoms with Gasteiger partial charge in [-0.15, -0.1) is 0 Å². The molecule has 0 amide bonds. The van der Waals surface area contributed by atoms with Crippen LogP contribution >= 0.6 is 0 Å². The summed E-state index contributed by atoms with van der Waals surface area (Å²) in [5.41, 5.74) is 1.69. The Kier molecular flexibility index (Phi) is 2.91. The molecule has 3 rings (SSSR count). The lowest BCUT2D eigenvalue weighted by atomic mass is 10.1. The van der Waals surface area contributed by atoms with Gasteiger partial charge in [-0.2, -0.15) is 0 Å². The third-order valence-corrected chi connectivity index (χ3v) is 3.21. The quantitative estimate of drug-likeness (QED) is 0.699. The molecule has 20 heavy (non-hydrogen) atoms. The molecule has 0 bridgehead atoms. The van der Waals surface area contributed by atoms with Crippen molar-refractivity contribution in [2.45, 2.75) is 6.92 Å². The van der Waals surface area contributed by atoms with Gasteiger partial charge < -0.3 is 14.8 Å². The molecule has 3 aromatic rings. The second kappa shape index (κ2) is 4.74. The van der Waals surface area contributed by atoms with Gasteiger partial charge in [0.15, 0.2) is 5.75 Å². The molecule has 2 N–H and O–H groups in total. The highest BCUT2D eigenvalue weighted by Crippen LogP contribution is 2.28. The van der Waals surface area contributed by atoms with E-state index in [-0.39, 0.29) is 11.3 Å². The zero-order valence-electron chi connectivity index (χ0n) is 10.9. The lowest BCUT2D eigenvalue weighted by Gasteiger charge is -2.06. The van der Waals surface area contributed by atoms with E-state index >= 15 is 0 Å². The van der Waals surface area contributed by atoms with E-state index in [1.165, 1.54) is 0 Å². The molecule has 4 nitrogen and oxygen atoms in total. The minimum Gasteiger partial charge on any atom is -0.507 e. The largest absolute Gasteiger partial charge is 0.507 e. The van der Waals surface area contributed by atoms with Crippen molar-refractivity contribution in [3.63, 3.8) is 0 Å². The van der Waals surface area contributed by atoms with Crippen LogP contribution < -0.4 is 4.74 Å². The van der Waals surface area contributed by atoms with Crippen LogP contribution in [0.1, 0.15) is 15.9 Å². The Balaban J connectivity index is 1.95. The molecule has 0 fully saturated rings. The second-order valence-corrected chi connectivity index (χ2v) is 4.56. The molecule has 0 aliphatic heterocycles. The first-order valence-electron chi connectivity index (χ1n) is 6.23. The summed E-state index contributed by atoms with van der Waals surface area (Å²) in [6.45, 7) is 1.73. The second-order valence-electron chi connectivity index (χ2n) is 4.56. The fourth-order valence-corrected chi connectivity index (χ4v) is 2.11. The molecule has 0 atom stereocenters. The lowest BCUT2D eigenvalue weighted by molar-refractivity contribution is 0.0734. The topological polar surface area (TPSA) is 62.3 Å². The number of esters is 1. The molecule has 0 radical (unpaired) electrons. The minimum absolute atomic E-state index is 0.0441. The van der Waals surface area contributed by atoms with Crippen molar-refractivity contribution in [2.24, 2.45) is 0 Å². The fraction of sp³-hybridized carbons (Fsp3) is 0.0625. The van der Waals surface area contributed by atoms with E-state index in [2.05, 4.69) is 4.98 Å². The Morgan fingerprint density at radius 1 is 1.15 bits per heavy atom. The van der Waals surface area contributed by atoms with Crippen LogP contribution in [0.15, 0.2) is 48.7 Å². The van der Waals surface area contributed by atoms with Gasteiger partial charge in [0.2, 0.25) is 0 Å². The van der Waals surface area contributed by atoms with Crippen molar-refractivity contribution in [1.29, 1.82) is 0 Å². The Labute approximate surface area is 115 Å². The summed E-state index contributed by atoms with van der Waals surface area (Å²) >= 11 is 0. The number of phenols is 1. The number of aromatic amines is 1. The van der Waals surface area contributed by atoms with Crippen molar-refractivity contribution in [3.05, 3.63) is 59.8 Å². The normalized spacial score (nSPS) is 10.7. The first-order valence-corrected chi connectivity index (χ1v) is 6.23. The van der Waals surface area contributed by atoms with Crippen LogP contribution in [0, 0.1) is 6.92 Å². The van der Waals surface area contributed by atoms with E-state index in [9.17, 15) is 9.90 Å². The first kappa shape index (κ1) is 12.3. The van der Waals surface area contributed by atoms with E-state index < -0.39 is 5.97 Å². The molecule has 0 aliphatic carbocycles. The maximum atomic E-state index is 12.1.